The molecule has 0 atom stereocenters. The highest BCUT2D eigenvalue weighted by molar-refractivity contribution is 9.10. The average Bonchev–Trinajstić information content (AvgIpc) is 2.36. The first kappa shape index (κ1) is 13.9. The van der Waals surface area contributed by atoms with E-state index in [4.69, 9.17) is 0 Å². The van der Waals surface area contributed by atoms with E-state index in [1.54, 1.807) is 13.0 Å². The third-order valence-corrected chi connectivity index (χ3v) is 3.38. The number of aryl methyl sites for hydroxylation is 1. The Labute approximate surface area is 118 Å². The maximum Gasteiger partial charge on any atom is 0.170 e. The second kappa shape index (κ2) is 5.61. The van der Waals surface area contributed by atoms with Gasteiger partial charge in [-0.3, -0.25) is 4.79 Å². The number of carbonyl (C=O) groups is 1. The van der Waals surface area contributed by atoms with E-state index in [2.05, 4.69) is 15.9 Å². The summed E-state index contributed by atoms with van der Waals surface area (Å²) in [6.07, 6.45) is 0.0409. The van der Waals surface area contributed by atoms with Gasteiger partial charge in [0, 0.05) is 6.42 Å². The van der Waals surface area contributed by atoms with Gasteiger partial charge in [-0.25, -0.2) is 8.78 Å². The highest BCUT2D eigenvalue weighted by Crippen LogP contribution is 2.19. The van der Waals surface area contributed by atoms with Crippen molar-refractivity contribution in [3.05, 3.63) is 69.2 Å². The van der Waals surface area contributed by atoms with E-state index in [9.17, 15) is 13.6 Å². The SMILES string of the molecule is Cc1ccc(F)c(C(=O)Cc2ccc(F)c(Br)c2)c1. The summed E-state index contributed by atoms with van der Waals surface area (Å²) in [5.74, 6) is -1.24. The molecular weight excluding hydrogens is 314 g/mol. The van der Waals surface area contributed by atoms with Crippen molar-refractivity contribution >= 4 is 21.7 Å². The molecule has 0 spiro atoms. The molecule has 0 saturated carbocycles. The summed E-state index contributed by atoms with van der Waals surface area (Å²) in [5, 5.41) is 0. The molecule has 2 aromatic carbocycles. The molecule has 2 rings (SSSR count). The molecule has 98 valence electrons. The predicted octanol–water partition coefficient (Wildman–Crippen LogP) is 4.46. The predicted molar refractivity (Wildman–Crippen MR) is 73.3 cm³/mol. The van der Waals surface area contributed by atoms with Crippen LogP contribution in [0.2, 0.25) is 0 Å². The molecule has 0 aromatic heterocycles. The van der Waals surface area contributed by atoms with Crippen molar-refractivity contribution < 1.29 is 13.6 Å². The smallest absolute Gasteiger partial charge is 0.170 e. The molecule has 0 aliphatic carbocycles. The first-order valence-electron chi connectivity index (χ1n) is 5.70. The van der Waals surface area contributed by atoms with E-state index in [-0.39, 0.29) is 17.8 Å². The quantitative estimate of drug-likeness (QED) is 0.762. The Morgan fingerprint density at radius 1 is 1.11 bits per heavy atom. The maximum absolute atomic E-state index is 13.6. The summed E-state index contributed by atoms with van der Waals surface area (Å²) in [5.41, 5.74) is 1.53. The average molecular weight is 325 g/mol. The number of halogens is 3. The van der Waals surface area contributed by atoms with E-state index in [0.29, 0.717) is 10.0 Å². The molecule has 0 amide bonds. The molecule has 4 heteroatoms. The lowest BCUT2D eigenvalue weighted by atomic mass is 10.0. The summed E-state index contributed by atoms with van der Waals surface area (Å²) >= 11 is 3.06. The maximum atomic E-state index is 13.6. The zero-order valence-electron chi connectivity index (χ0n) is 10.2. The number of Topliss-reactive ketones (excluding diaryl/α,β-unsaturated/α-hetero) is 1. The minimum atomic E-state index is -0.531. The Morgan fingerprint density at radius 2 is 1.79 bits per heavy atom. The van der Waals surface area contributed by atoms with Crippen LogP contribution in [0.5, 0.6) is 0 Å². The van der Waals surface area contributed by atoms with Crippen molar-refractivity contribution in [3.63, 3.8) is 0 Å². The van der Waals surface area contributed by atoms with Crippen LogP contribution < -0.4 is 0 Å². The Bertz CT molecular complexity index is 638. The lowest BCUT2D eigenvalue weighted by molar-refractivity contribution is 0.0989. The third-order valence-electron chi connectivity index (χ3n) is 2.77. The van der Waals surface area contributed by atoms with Crippen LogP contribution in [0.4, 0.5) is 8.78 Å². The van der Waals surface area contributed by atoms with Crippen LogP contribution in [0.3, 0.4) is 0 Å². The topological polar surface area (TPSA) is 17.1 Å². The van der Waals surface area contributed by atoms with Crippen molar-refractivity contribution in [2.45, 2.75) is 13.3 Å². The van der Waals surface area contributed by atoms with E-state index in [0.717, 1.165) is 5.56 Å². The lowest BCUT2D eigenvalue weighted by Crippen LogP contribution is -2.06. The fourth-order valence-corrected chi connectivity index (χ4v) is 2.21. The molecule has 0 unspecified atom stereocenters. The Kier molecular flexibility index (Phi) is 4.10. The van der Waals surface area contributed by atoms with Crippen molar-refractivity contribution in [1.29, 1.82) is 0 Å². The van der Waals surface area contributed by atoms with Crippen molar-refractivity contribution in [3.8, 4) is 0 Å². The van der Waals surface area contributed by atoms with Crippen molar-refractivity contribution in [2.75, 3.05) is 0 Å². The van der Waals surface area contributed by atoms with Crippen LogP contribution in [-0.2, 0) is 6.42 Å². The fraction of sp³-hybridized carbons (Fsp3) is 0.133. The molecule has 0 aliphatic rings. The summed E-state index contributed by atoms with van der Waals surface area (Å²) in [6, 6.07) is 8.74. The van der Waals surface area contributed by atoms with Crippen LogP contribution in [0, 0.1) is 18.6 Å². The highest BCUT2D eigenvalue weighted by atomic mass is 79.9. The lowest BCUT2D eigenvalue weighted by Gasteiger charge is -2.05. The second-order valence-corrected chi connectivity index (χ2v) is 5.19. The van der Waals surface area contributed by atoms with Gasteiger partial charge in [0.2, 0.25) is 0 Å². The van der Waals surface area contributed by atoms with Crippen molar-refractivity contribution in [1.82, 2.24) is 0 Å². The van der Waals surface area contributed by atoms with Crippen LogP contribution in [0.25, 0.3) is 0 Å². The van der Waals surface area contributed by atoms with Gasteiger partial charge in [-0.1, -0.05) is 17.7 Å². The molecule has 19 heavy (non-hydrogen) atoms. The summed E-state index contributed by atoms with van der Waals surface area (Å²) < 4.78 is 27.0. The third kappa shape index (κ3) is 3.26. The number of hydrogen-bond donors (Lipinski definition) is 0. The molecule has 1 nitrogen and oxygen atoms in total. The summed E-state index contributed by atoms with van der Waals surface area (Å²) in [4.78, 5) is 12.0. The van der Waals surface area contributed by atoms with Crippen LogP contribution in [0.15, 0.2) is 40.9 Å². The molecule has 2 aromatic rings. The largest absolute Gasteiger partial charge is 0.294 e. The van der Waals surface area contributed by atoms with Crippen LogP contribution in [-0.4, -0.2) is 5.78 Å². The molecule has 0 aliphatic heterocycles. The zero-order chi connectivity index (χ0) is 14.0. The van der Waals surface area contributed by atoms with E-state index in [1.807, 2.05) is 0 Å². The monoisotopic (exact) mass is 324 g/mol. The van der Waals surface area contributed by atoms with Crippen molar-refractivity contribution in [2.24, 2.45) is 0 Å². The molecule has 0 heterocycles. The van der Waals surface area contributed by atoms with Gasteiger partial charge in [0.25, 0.3) is 0 Å². The van der Waals surface area contributed by atoms with Gasteiger partial charge < -0.3 is 0 Å². The molecule has 0 bridgehead atoms. The number of hydrogen-bond acceptors (Lipinski definition) is 1. The molecular formula is C15H11BrF2O. The van der Waals surface area contributed by atoms with Crippen LogP contribution >= 0.6 is 15.9 Å². The van der Waals surface area contributed by atoms with Gasteiger partial charge in [-0.15, -0.1) is 0 Å². The number of rotatable bonds is 3. The number of benzene rings is 2. The van der Waals surface area contributed by atoms with E-state index < -0.39 is 11.6 Å². The van der Waals surface area contributed by atoms with Gasteiger partial charge >= 0.3 is 0 Å². The molecule has 0 saturated heterocycles. The first-order valence-corrected chi connectivity index (χ1v) is 6.50. The molecule has 0 radical (unpaired) electrons. The van der Waals surface area contributed by atoms with E-state index in [1.165, 1.54) is 30.3 Å². The molecule has 0 fully saturated rings. The van der Waals surface area contributed by atoms with Gasteiger partial charge in [-0.05, 0) is 52.7 Å². The van der Waals surface area contributed by atoms with E-state index >= 15 is 0 Å². The van der Waals surface area contributed by atoms with Crippen LogP contribution in [0.1, 0.15) is 21.5 Å². The second-order valence-electron chi connectivity index (χ2n) is 4.33. The normalized spacial score (nSPS) is 10.5. The number of ketones is 1. The first-order chi connectivity index (χ1) is 8.97. The Morgan fingerprint density at radius 3 is 2.47 bits per heavy atom. The number of carbonyl (C=O) groups excluding carboxylic acids is 1. The Hall–Kier alpha value is -1.55. The molecule has 0 N–H and O–H groups in total. The van der Waals surface area contributed by atoms with Gasteiger partial charge in [0.15, 0.2) is 5.78 Å². The highest BCUT2D eigenvalue weighted by Gasteiger charge is 2.13. The minimum absolute atomic E-state index is 0.0409. The zero-order valence-corrected chi connectivity index (χ0v) is 11.8. The minimum Gasteiger partial charge on any atom is -0.294 e. The standard InChI is InChI=1S/C15H11BrF2O/c1-9-2-4-13(17)11(6-9)15(19)8-10-3-5-14(18)12(16)7-10/h2-7H,8H2,1H3. The van der Waals surface area contributed by atoms with Gasteiger partial charge in [-0.2, -0.15) is 0 Å². The summed E-state index contributed by atoms with van der Waals surface area (Å²) in [6.45, 7) is 1.80. The fourth-order valence-electron chi connectivity index (χ4n) is 1.78. The van der Waals surface area contributed by atoms with Gasteiger partial charge in [0.05, 0.1) is 10.0 Å². The Balaban J connectivity index is 2.25. The summed E-state index contributed by atoms with van der Waals surface area (Å²) in [7, 11) is 0. The van der Waals surface area contributed by atoms with Gasteiger partial charge in [0.1, 0.15) is 11.6 Å².